The van der Waals surface area contributed by atoms with Crippen LogP contribution < -0.4 is 4.90 Å². The molecule has 146 valence electrons. The summed E-state index contributed by atoms with van der Waals surface area (Å²) in [4.78, 5) is 6.67. The lowest BCUT2D eigenvalue weighted by atomic mass is 10.0. The summed E-state index contributed by atoms with van der Waals surface area (Å²) in [6.45, 7) is 1.96. The number of benzene rings is 3. The summed E-state index contributed by atoms with van der Waals surface area (Å²) >= 11 is 7.59. The van der Waals surface area contributed by atoms with Crippen molar-refractivity contribution < 1.29 is 5.11 Å². The van der Waals surface area contributed by atoms with Gasteiger partial charge in [-0.05, 0) is 49.4 Å². The zero-order valence-electron chi connectivity index (χ0n) is 16.0. The maximum Gasteiger partial charge on any atom is 0.178 e. The van der Waals surface area contributed by atoms with E-state index in [0.717, 1.165) is 27.7 Å². The minimum absolute atomic E-state index is 0.534. The molecule has 1 aliphatic rings. The minimum Gasteiger partial charge on any atom is -0.366 e. The first-order valence-corrected chi connectivity index (χ1v) is 10.7. The molecular formula is C24H21ClN2OS. The van der Waals surface area contributed by atoms with Crippen LogP contribution in [0.5, 0.6) is 0 Å². The van der Waals surface area contributed by atoms with Crippen LogP contribution in [0.3, 0.4) is 0 Å². The zero-order chi connectivity index (χ0) is 20.3. The number of hydrogen-bond acceptors (Lipinski definition) is 4. The Bertz CT molecular complexity index is 1040. The Hall–Kier alpha value is -2.53. The molecule has 1 fully saturated rings. The van der Waals surface area contributed by atoms with Crippen molar-refractivity contribution in [3.63, 3.8) is 0 Å². The molecule has 1 saturated heterocycles. The van der Waals surface area contributed by atoms with E-state index in [0.29, 0.717) is 10.8 Å². The zero-order valence-corrected chi connectivity index (χ0v) is 17.6. The Labute approximate surface area is 180 Å². The van der Waals surface area contributed by atoms with Gasteiger partial charge in [-0.25, -0.2) is 0 Å². The summed E-state index contributed by atoms with van der Waals surface area (Å²) in [5, 5.41) is 13.3. The predicted molar refractivity (Wildman–Crippen MR) is 124 cm³/mol. The van der Waals surface area contributed by atoms with Crippen LogP contribution in [0, 0.1) is 0 Å². The van der Waals surface area contributed by atoms with Gasteiger partial charge < -0.3 is 10.0 Å². The van der Waals surface area contributed by atoms with Gasteiger partial charge in [0.25, 0.3) is 0 Å². The van der Waals surface area contributed by atoms with E-state index in [-0.39, 0.29) is 0 Å². The van der Waals surface area contributed by atoms with E-state index in [1.807, 2.05) is 103 Å². The van der Waals surface area contributed by atoms with Crippen LogP contribution in [-0.2, 0) is 5.72 Å². The Morgan fingerprint density at radius 2 is 1.62 bits per heavy atom. The first-order chi connectivity index (χ1) is 14.1. The molecule has 4 rings (SSSR count). The van der Waals surface area contributed by atoms with Crippen molar-refractivity contribution >= 4 is 40.4 Å². The number of halogens is 1. The SMILES string of the molecule is CC(/C=C1\SC[C@@](O)(c2ccccc2)N1c1ccccc1)=Nc1ccc(Cl)cc1. The Kier molecular flexibility index (Phi) is 5.76. The number of hydrogen-bond donors (Lipinski definition) is 1. The molecule has 3 nitrogen and oxygen atoms in total. The van der Waals surface area contributed by atoms with Gasteiger partial charge in [0.15, 0.2) is 5.72 Å². The Morgan fingerprint density at radius 1 is 1.00 bits per heavy atom. The minimum atomic E-state index is -1.13. The third-order valence-corrected chi connectivity index (χ3v) is 6.12. The number of aliphatic imine (C=N–C) groups is 1. The van der Waals surface area contributed by atoms with Crippen LogP contribution in [0.1, 0.15) is 12.5 Å². The van der Waals surface area contributed by atoms with Crippen LogP contribution in [0.4, 0.5) is 11.4 Å². The number of anilines is 1. The van der Waals surface area contributed by atoms with E-state index < -0.39 is 5.72 Å². The second kappa shape index (κ2) is 8.46. The quantitative estimate of drug-likeness (QED) is 0.498. The lowest BCUT2D eigenvalue weighted by molar-refractivity contribution is 0.0721. The maximum atomic E-state index is 11.7. The lowest BCUT2D eigenvalue weighted by Crippen LogP contribution is -2.42. The molecule has 1 heterocycles. The van der Waals surface area contributed by atoms with Crippen LogP contribution in [0.2, 0.25) is 5.02 Å². The number of nitrogens with zero attached hydrogens (tertiary/aromatic N) is 2. The highest BCUT2D eigenvalue weighted by molar-refractivity contribution is 8.03. The van der Waals surface area contributed by atoms with Crippen molar-refractivity contribution in [3.05, 3.63) is 107 Å². The van der Waals surface area contributed by atoms with Gasteiger partial charge in [0.2, 0.25) is 0 Å². The van der Waals surface area contributed by atoms with Crippen LogP contribution in [-0.4, -0.2) is 16.6 Å². The number of allylic oxidation sites excluding steroid dienone is 1. The average Bonchev–Trinajstić information content (AvgIpc) is 3.08. The summed E-state index contributed by atoms with van der Waals surface area (Å²) in [5.41, 5.74) is 2.38. The monoisotopic (exact) mass is 420 g/mol. The second-order valence-electron chi connectivity index (χ2n) is 6.85. The standard InChI is InChI=1S/C24H21ClN2OS/c1-18(26-21-14-12-20(25)13-15-21)16-23-27(22-10-6-3-7-11-22)24(28,17-29-23)19-8-4-2-5-9-19/h2-16,28H,17H2,1H3/b23-16-,26-18?/t24-/m1/s1. The molecule has 0 unspecified atom stereocenters. The molecule has 3 aromatic rings. The van der Waals surface area contributed by atoms with E-state index in [1.165, 1.54) is 0 Å². The van der Waals surface area contributed by atoms with Crippen molar-refractivity contribution in [2.75, 3.05) is 10.7 Å². The molecule has 0 radical (unpaired) electrons. The third-order valence-electron chi connectivity index (χ3n) is 4.73. The van der Waals surface area contributed by atoms with E-state index >= 15 is 0 Å². The summed E-state index contributed by atoms with van der Waals surface area (Å²) in [6.07, 6.45) is 2.02. The summed E-state index contributed by atoms with van der Waals surface area (Å²) in [7, 11) is 0. The van der Waals surface area contributed by atoms with Gasteiger partial charge >= 0.3 is 0 Å². The molecule has 3 aromatic carbocycles. The molecule has 0 aromatic heterocycles. The van der Waals surface area contributed by atoms with Gasteiger partial charge in [-0.15, -0.1) is 11.8 Å². The first kappa shape index (κ1) is 19.8. The van der Waals surface area contributed by atoms with Crippen LogP contribution in [0.25, 0.3) is 0 Å². The summed E-state index contributed by atoms with van der Waals surface area (Å²) in [5.74, 6) is 0.534. The number of para-hydroxylation sites is 1. The predicted octanol–water partition coefficient (Wildman–Crippen LogP) is 6.37. The molecule has 0 aliphatic carbocycles. The normalized spacial score (nSPS) is 21.0. The molecule has 0 amide bonds. The highest BCUT2D eigenvalue weighted by Crippen LogP contribution is 2.47. The van der Waals surface area contributed by atoms with Gasteiger partial charge in [-0.1, -0.05) is 60.1 Å². The van der Waals surface area contributed by atoms with E-state index in [1.54, 1.807) is 11.8 Å². The highest BCUT2D eigenvalue weighted by Gasteiger charge is 2.44. The van der Waals surface area contributed by atoms with Gasteiger partial charge in [0.1, 0.15) is 0 Å². The van der Waals surface area contributed by atoms with E-state index in [9.17, 15) is 5.11 Å². The molecule has 1 atom stereocenters. The highest BCUT2D eigenvalue weighted by atomic mass is 35.5. The molecule has 0 bridgehead atoms. The fraction of sp³-hybridized carbons (Fsp3) is 0.125. The van der Waals surface area contributed by atoms with Crippen molar-refractivity contribution in [2.45, 2.75) is 12.6 Å². The van der Waals surface area contributed by atoms with Gasteiger partial charge in [0.05, 0.1) is 16.5 Å². The molecule has 29 heavy (non-hydrogen) atoms. The fourth-order valence-electron chi connectivity index (χ4n) is 3.36. The number of rotatable bonds is 4. The number of thioether (sulfide) groups is 1. The third kappa shape index (κ3) is 4.25. The molecule has 0 spiro atoms. The first-order valence-electron chi connectivity index (χ1n) is 9.35. The van der Waals surface area contributed by atoms with E-state index in [4.69, 9.17) is 11.6 Å². The number of aliphatic hydroxyl groups is 1. The topological polar surface area (TPSA) is 35.8 Å². The van der Waals surface area contributed by atoms with Gasteiger partial charge in [0, 0.05) is 22.0 Å². The smallest absolute Gasteiger partial charge is 0.178 e. The van der Waals surface area contributed by atoms with E-state index in [2.05, 4.69) is 4.99 Å². The van der Waals surface area contributed by atoms with Gasteiger partial charge in [-0.3, -0.25) is 4.99 Å². The summed E-state index contributed by atoms with van der Waals surface area (Å²) < 4.78 is 0. The Balaban J connectivity index is 1.74. The Morgan fingerprint density at radius 3 is 2.28 bits per heavy atom. The fourth-order valence-corrected chi connectivity index (χ4v) is 4.77. The van der Waals surface area contributed by atoms with Crippen molar-refractivity contribution in [3.8, 4) is 0 Å². The lowest BCUT2D eigenvalue weighted by Gasteiger charge is -2.35. The molecule has 0 saturated carbocycles. The van der Waals surface area contributed by atoms with Crippen LogP contribution in [0.15, 0.2) is 101 Å². The summed E-state index contributed by atoms with van der Waals surface area (Å²) in [6, 6.07) is 27.2. The van der Waals surface area contributed by atoms with Gasteiger partial charge in [-0.2, -0.15) is 0 Å². The molecule has 1 aliphatic heterocycles. The molecule has 5 heteroatoms. The second-order valence-corrected chi connectivity index (χ2v) is 8.29. The molecule has 1 N–H and O–H groups in total. The largest absolute Gasteiger partial charge is 0.366 e. The van der Waals surface area contributed by atoms with Crippen molar-refractivity contribution in [1.29, 1.82) is 0 Å². The average molecular weight is 421 g/mol. The maximum absolute atomic E-state index is 11.7. The van der Waals surface area contributed by atoms with Crippen molar-refractivity contribution in [1.82, 2.24) is 0 Å². The van der Waals surface area contributed by atoms with Crippen molar-refractivity contribution in [2.24, 2.45) is 4.99 Å². The molecular weight excluding hydrogens is 400 g/mol. The van der Waals surface area contributed by atoms with Crippen LogP contribution >= 0.6 is 23.4 Å².